The van der Waals surface area contributed by atoms with Crippen molar-refractivity contribution in [2.75, 3.05) is 5.73 Å². The van der Waals surface area contributed by atoms with Crippen LogP contribution in [0, 0.1) is 18.3 Å². The van der Waals surface area contributed by atoms with Gasteiger partial charge in [0.25, 0.3) is 0 Å². The van der Waals surface area contributed by atoms with Gasteiger partial charge < -0.3 is 5.73 Å². The van der Waals surface area contributed by atoms with Crippen molar-refractivity contribution in [3.63, 3.8) is 0 Å². The fourth-order valence-corrected chi connectivity index (χ4v) is 3.98. The summed E-state index contributed by atoms with van der Waals surface area (Å²) >= 11 is 1.56. The Morgan fingerprint density at radius 1 is 1.09 bits per heavy atom. The summed E-state index contributed by atoms with van der Waals surface area (Å²) < 4.78 is 0. The molecule has 0 atom stereocenters. The summed E-state index contributed by atoms with van der Waals surface area (Å²) in [5.41, 5.74) is 9.01. The highest BCUT2D eigenvalue weighted by Crippen LogP contribution is 2.31. The normalized spacial score (nSPS) is 10.7. The minimum absolute atomic E-state index is 0.653. The summed E-state index contributed by atoms with van der Waals surface area (Å²) in [6.45, 7) is 2.00. The number of thiophene rings is 1. The van der Waals surface area contributed by atoms with Crippen molar-refractivity contribution in [1.29, 1.82) is 5.26 Å². The summed E-state index contributed by atoms with van der Waals surface area (Å²) in [6, 6.07) is 17.2. The van der Waals surface area contributed by atoms with Crippen LogP contribution in [0.25, 0.3) is 10.8 Å². The molecule has 0 radical (unpaired) electrons. The van der Waals surface area contributed by atoms with Gasteiger partial charge >= 0.3 is 0 Å². The minimum Gasteiger partial charge on any atom is -0.389 e. The summed E-state index contributed by atoms with van der Waals surface area (Å²) in [4.78, 5) is 1.24. The molecule has 0 spiro atoms. The van der Waals surface area contributed by atoms with Gasteiger partial charge in [0.15, 0.2) is 0 Å². The number of rotatable bonds is 4. The molecule has 3 rings (SSSR count). The molecular weight excluding hydrogens is 288 g/mol. The van der Waals surface area contributed by atoms with Crippen molar-refractivity contribution in [3.05, 3.63) is 64.0 Å². The van der Waals surface area contributed by atoms with Crippen molar-refractivity contribution >= 4 is 27.1 Å². The Bertz CT molecular complexity index is 850. The van der Waals surface area contributed by atoms with Gasteiger partial charge in [-0.2, -0.15) is 5.26 Å². The molecule has 2 aromatic carbocycles. The van der Waals surface area contributed by atoms with E-state index in [9.17, 15) is 0 Å². The standard InChI is InChI=1S/C19H18N2S/c1-13-17(12-20)19(21)22-18(13)11-5-9-15-8-4-7-14-6-2-3-10-16(14)15/h2-4,6-8,10H,5,9,11,21H2,1H3. The van der Waals surface area contributed by atoms with E-state index in [4.69, 9.17) is 11.0 Å². The van der Waals surface area contributed by atoms with Gasteiger partial charge in [-0.1, -0.05) is 42.5 Å². The highest BCUT2D eigenvalue weighted by Gasteiger charge is 2.12. The molecule has 0 fully saturated rings. The smallest absolute Gasteiger partial charge is 0.104 e. The number of benzene rings is 2. The number of fused-ring (bicyclic) bond motifs is 1. The number of aryl methyl sites for hydroxylation is 2. The molecule has 0 aliphatic rings. The lowest BCUT2D eigenvalue weighted by Gasteiger charge is -2.06. The third-order valence-corrected chi connectivity index (χ3v) is 5.30. The first-order valence-electron chi connectivity index (χ1n) is 7.45. The first-order chi connectivity index (χ1) is 10.7. The first kappa shape index (κ1) is 14.6. The van der Waals surface area contributed by atoms with E-state index in [0.717, 1.165) is 24.8 Å². The number of nitriles is 1. The van der Waals surface area contributed by atoms with Crippen LogP contribution in [0.5, 0.6) is 0 Å². The van der Waals surface area contributed by atoms with E-state index >= 15 is 0 Å². The maximum absolute atomic E-state index is 9.11. The number of nitrogens with zero attached hydrogens (tertiary/aromatic N) is 1. The zero-order valence-corrected chi connectivity index (χ0v) is 13.4. The average Bonchev–Trinajstić information content (AvgIpc) is 2.81. The highest BCUT2D eigenvalue weighted by molar-refractivity contribution is 7.16. The van der Waals surface area contributed by atoms with E-state index < -0.39 is 0 Å². The van der Waals surface area contributed by atoms with Crippen LogP contribution in [0.2, 0.25) is 0 Å². The van der Waals surface area contributed by atoms with Crippen LogP contribution in [0.3, 0.4) is 0 Å². The second kappa shape index (κ2) is 6.21. The Kier molecular flexibility index (Phi) is 4.13. The Morgan fingerprint density at radius 3 is 2.64 bits per heavy atom. The van der Waals surface area contributed by atoms with Crippen LogP contribution < -0.4 is 5.73 Å². The first-order valence-corrected chi connectivity index (χ1v) is 8.27. The van der Waals surface area contributed by atoms with Crippen molar-refractivity contribution in [2.24, 2.45) is 0 Å². The maximum atomic E-state index is 9.11. The van der Waals surface area contributed by atoms with Crippen LogP contribution in [0.1, 0.15) is 28.0 Å². The molecule has 0 unspecified atom stereocenters. The quantitative estimate of drug-likeness (QED) is 0.750. The Balaban J connectivity index is 1.75. The van der Waals surface area contributed by atoms with Crippen LogP contribution in [0.15, 0.2) is 42.5 Å². The lowest BCUT2D eigenvalue weighted by atomic mass is 9.99. The molecule has 0 saturated heterocycles. The van der Waals surface area contributed by atoms with Crippen LogP contribution in [0.4, 0.5) is 5.00 Å². The van der Waals surface area contributed by atoms with Crippen LogP contribution in [-0.4, -0.2) is 0 Å². The SMILES string of the molecule is Cc1c(CCCc2cccc3ccccc23)sc(N)c1C#N. The third-order valence-electron chi connectivity index (χ3n) is 4.11. The van der Waals surface area contributed by atoms with Crippen molar-refractivity contribution in [1.82, 2.24) is 0 Å². The second-order valence-corrected chi connectivity index (χ2v) is 6.63. The zero-order chi connectivity index (χ0) is 15.5. The zero-order valence-electron chi connectivity index (χ0n) is 12.6. The molecule has 22 heavy (non-hydrogen) atoms. The Morgan fingerprint density at radius 2 is 1.86 bits per heavy atom. The van der Waals surface area contributed by atoms with E-state index in [1.54, 1.807) is 11.3 Å². The van der Waals surface area contributed by atoms with Gasteiger partial charge in [0, 0.05) is 4.88 Å². The molecule has 0 saturated carbocycles. The summed E-state index contributed by atoms with van der Waals surface area (Å²) in [5, 5.41) is 12.4. The van der Waals surface area contributed by atoms with E-state index in [1.807, 2.05) is 6.92 Å². The van der Waals surface area contributed by atoms with Crippen LogP contribution in [-0.2, 0) is 12.8 Å². The molecule has 0 bridgehead atoms. The number of anilines is 1. The third kappa shape index (κ3) is 2.70. The van der Waals surface area contributed by atoms with Gasteiger partial charge in [-0.15, -0.1) is 11.3 Å². The van der Waals surface area contributed by atoms with Crippen molar-refractivity contribution in [2.45, 2.75) is 26.2 Å². The Hall–Kier alpha value is -2.31. The fraction of sp³-hybridized carbons (Fsp3) is 0.211. The minimum atomic E-state index is 0.653. The van der Waals surface area contributed by atoms with Crippen LogP contribution >= 0.6 is 11.3 Å². The molecule has 110 valence electrons. The van der Waals surface area contributed by atoms with Crippen molar-refractivity contribution < 1.29 is 0 Å². The number of hydrogen-bond acceptors (Lipinski definition) is 3. The molecule has 0 aliphatic heterocycles. The monoisotopic (exact) mass is 306 g/mol. The van der Waals surface area contributed by atoms with Crippen molar-refractivity contribution in [3.8, 4) is 6.07 Å². The van der Waals surface area contributed by atoms with Gasteiger partial charge in [0.1, 0.15) is 11.1 Å². The van der Waals surface area contributed by atoms with E-state index in [0.29, 0.717) is 10.6 Å². The lowest BCUT2D eigenvalue weighted by molar-refractivity contribution is 0.832. The molecule has 3 heteroatoms. The number of nitrogens with two attached hydrogens (primary N) is 1. The van der Waals surface area contributed by atoms with E-state index in [1.165, 1.54) is 21.2 Å². The molecule has 1 aromatic heterocycles. The summed E-state index contributed by atoms with van der Waals surface area (Å²) in [6.07, 6.45) is 3.09. The molecule has 0 aliphatic carbocycles. The van der Waals surface area contributed by atoms with Gasteiger partial charge in [-0.3, -0.25) is 0 Å². The van der Waals surface area contributed by atoms with E-state index in [-0.39, 0.29) is 0 Å². The predicted octanol–water partition coefficient (Wildman–Crippen LogP) is 4.84. The van der Waals surface area contributed by atoms with Gasteiger partial charge in [-0.05, 0) is 48.1 Å². The predicted molar refractivity (Wildman–Crippen MR) is 94.2 cm³/mol. The molecule has 2 nitrogen and oxygen atoms in total. The largest absolute Gasteiger partial charge is 0.389 e. The molecule has 1 heterocycles. The van der Waals surface area contributed by atoms with Gasteiger partial charge in [-0.25, -0.2) is 0 Å². The summed E-state index contributed by atoms with van der Waals surface area (Å²) in [5.74, 6) is 0. The second-order valence-electron chi connectivity index (χ2n) is 5.49. The highest BCUT2D eigenvalue weighted by atomic mass is 32.1. The number of hydrogen-bond donors (Lipinski definition) is 1. The molecule has 0 amide bonds. The fourth-order valence-electron chi connectivity index (χ4n) is 2.91. The Labute approximate surface area is 134 Å². The topological polar surface area (TPSA) is 49.8 Å². The molecule has 3 aromatic rings. The average molecular weight is 306 g/mol. The summed E-state index contributed by atoms with van der Waals surface area (Å²) in [7, 11) is 0. The van der Waals surface area contributed by atoms with Gasteiger partial charge in [0.05, 0.1) is 5.56 Å². The molecular formula is C19H18N2S. The lowest BCUT2D eigenvalue weighted by Crippen LogP contribution is -1.91. The maximum Gasteiger partial charge on any atom is 0.104 e. The van der Waals surface area contributed by atoms with E-state index in [2.05, 4.69) is 48.5 Å². The molecule has 2 N–H and O–H groups in total. The van der Waals surface area contributed by atoms with Gasteiger partial charge in [0.2, 0.25) is 0 Å². The number of nitrogen functional groups attached to an aromatic ring is 1.